The number of hydrogen-bond acceptors (Lipinski definition) is 5. The zero-order valence-electron chi connectivity index (χ0n) is 14.8. The Morgan fingerprint density at radius 1 is 1.04 bits per heavy atom. The average molecular weight is 372 g/mol. The third-order valence-electron chi connectivity index (χ3n) is 3.66. The molecule has 0 radical (unpaired) electrons. The summed E-state index contributed by atoms with van der Waals surface area (Å²) in [5.74, 6) is -1.06. The van der Waals surface area contributed by atoms with Crippen molar-refractivity contribution in [2.45, 2.75) is 4.90 Å². The fourth-order valence-corrected chi connectivity index (χ4v) is 2.87. The first kappa shape index (κ1) is 19.5. The van der Waals surface area contributed by atoms with Gasteiger partial charge in [-0.25, -0.2) is 4.79 Å². The van der Waals surface area contributed by atoms with Gasteiger partial charge in [-0.15, -0.1) is 11.8 Å². The number of para-hydroxylation sites is 1. The molecule has 0 saturated heterocycles. The van der Waals surface area contributed by atoms with Gasteiger partial charge in [0.05, 0.1) is 24.9 Å². The summed E-state index contributed by atoms with van der Waals surface area (Å²) in [5.41, 5.74) is 1.46. The van der Waals surface area contributed by atoms with Crippen molar-refractivity contribution in [1.29, 1.82) is 0 Å². The largest absolute Gasteiger partial charge is 0.465 e. The minimum absolute atomic E-state index is 0.0830. The number of rotatable bonds is 6. The van der Waals surface area contributed by atoms with Gasteiger partial charge in [0.15, 0.2) is 0 Å². The predicted molar refractivity (Wildman–Crippen MR) is 102 cm³/mol. The minimum atomic E-state index is -0.468. The number of carbonyl (C=O) groups is 3. The summed E-state index contributed by atoms with van der Waals surface area (Å²) in [5, 5.41) is 2.82. The summed E-state index contributed by atoms with van der Waals surface area (Å²) in [6, 6.07) is 13.6. The van der Waals surface area contributed by atoms with Crippen LogP contribution in [0.1, 0.15) is 20.7 Å². The van der Waals surface area contributed by atoms with Gasteiger partial charge in [-0.05, 0) is 42.7 Å². The number of nitrogens with one attached hydrogen (secondary N) is 1. The average Bonchev–Trinajstić information content (AvgIpc) is 2.67. The van der Waals surface area contributed by atoms with Crippen LogP contribution in [0.5, 0.6) is 0 Å². The number of thioether (sulfide) groups is 1. The van der Waals surface area contributed by atoms with E-state index in [9.17, 15) is 14.4 Å². The molecule has 136 valence electrons. The van der Waals surface area contributed by atoms with Crippen molar-refractivity contribution in [3.8, 4) is 0 Å². The van der Waals surface area contributed by atoms with Gasteiger partial charge in [-0.2, -0.15) is 0 Å². The fraction of sp³-hybridized carbons (Fsp3) is 0.211. The lowest BCUT2D eigenvalue weighted by Gasteiger charge is -2.17. The van der Waals surface area contributed by atoms with Crippen LogP contribution in [0.15, 0.2) is 53.4 Å². The van der Waals surface area contributed by atoms with Crippen LogP contribution in [-0.2, 0) is 9.53 Å². The second-order valence-corrected chi connectivity index (χ2v) is 6.33. The van der Waals surface area contributed by atoms with E-state index in [0.29, 0.717) is 16.8 Å². The Labute approximate surface area is 156 Å². The molecule has 2 rings (SSSR count). The van der Waals surface area contributed by atoms with Crippen molar-refractivity contribution in [1.82, 2.24) is 4.90 Å². The number of nitrogens with zero attached hydrogens (tertiary/aromatic N) is 1. The zero-order chi connectivity index (χ0) is 19.1. The molecule has 0 atom stereocenters. The lowest BCUT2D eigenvalue weighted by atomic mass is 10.1. The second-order valence-electron chi connectivity index (χ2n) is 5.48. The summed E-state index contributed by atoms with van der Waals surface area (Å²) < 4.78 is 4.62. The van der Waals surface area contributed by atoms with Crippen LogP contribution in [0, 0.1) is 0 Å². The molecule has 0 bridgehead atoms. The predicted octanol–water partition coefficient (Wildman–Crippen LogP) is 2.91. The summed E-state index contributed by atoms with van der Waals surface area (Å²) in [7, 11) is 2.85. The number of methoxy groups -OCH3 is 1. The number of anilines is 1. The van der Waals surface area contributed by atoms with Crippen molar-refractivity contribution < 1.29 is 19.1 Å². The number of benzene rings is 2. The fourth-order valence-electron chi connectivity index (χ4n) is 2.31. The molecule has 0 aliphatic heterocycles. The number of ether oxygens (including phenoxy) is 1. The molecular formula is C19H20N2O4S. The summed E-state index contributed by atoms with van der Waals surface area (Å²) in [6.45, 7) is -0.0830. The molecule has 0 spiro atoms. The first-order chi connectivity index (χ1) is 12.5. The van der Waals surface area contributed by atoms with Crippen LogP contribution in [0.25, 0.3) is 0 Å². The Kier molecular flexibility index (Phi) is 6.80. The van der Waals surface area contributed by atoms with Gasteiger partial charge in [-0.1, -0.05) is 12.1 Å². The van der Waals surface area contributed by atoms with Crippen molar-refractivity contribution in [2.75, 3.05) is 32.3 Å². The van der Waals surface area contributed by atoms with E-state index in [4.69, 9.17) is 0 Å². The van der Waals surface area contributed by atoms with Crippen molar-refractivity contribution in [2.24, 2.45) is 0 Å². The van der Waals surface area contributed by atoms with Crippen molar-refractivity contribution >= 4 is 35.2 Å². The van der Waals surface area contributed by atoms with Crippen LogP contribution < -0.4 is 5.32 Å². The van der Waals surface area contributed by atoms with Crippen molar-refractivity contribution in [3.63, 3.8) is 0 Å². The van der Waals surface area contributed by atoms with Crippen LogP contribution in [-0.4, -0.2) is 49.6 Å². The number of hydrogen-bond donors (Lipinski definition) is 1. The Morgan fingerprint density at radius 2 is 1.65 bits per heavy atom. The molecule has 2 aromatic carbocycles. The van der Waals surface area contributed by atoms with Gasteiger partial charge >= 0.3 is 5.97 Å². The smallest absolute Gasteiger partial charge is 0.337 e. The van der Waals surface area contributed by atoms with Crippen LogP contribution in [0.4, 0.5) is 5.69 Å². The number of carbonyl (C=O) groups excluding carboxylic acids is 3. The van der Waals surface area contributed by atoms with Gasteiger partial charge < -0.3 is 15.0 Å². The molecule has 0 aromatic heterocycles. The molecule has 26 heavy (non-hydrogen) atoms. The van der Waals surface area contributed by atoms with E-state index in [1.807, 2.05) is 30.5 Å². The summed E-state index contributed by atoms with van der Waals surface area (Å²) >= 11 is 1.53. The second kappa shape index (κ2) is 9.05. The van der Waals surface area contributed by atoms with Gasteiger partial charge in [0.25, 0.3) is 5.91 Å². The normalized spacial score (nSPS) is 10.1. The molecule has 0 fully saturated rings. The maximum absolute atomic E-state index is 12.4. The quantitative estimate of drug-likeness (QED) is 0.623. The molecule has 6 nitrogen and oxygen atoms in total. The minimum Gasteiger partial charge on any atom is -0.465 e. The molecule has 0 unspecified atom stereocenters. The van der Waals surface area contributed by atoms with Gasteiger partial charge in [0, 0.05) is 17.5 Å². The summed E-state index contributed by atoms with van der Waals surface area (Å²) in [6.07, 6.45) is 1.93. The van der Waals surface area contributed by atoms with E-state index in [2.05, 4.69) is 10.1 Å². The highest BCUT2D eigenvalue weighted by Crippen LogP contribution is 2.24. The van der Waals surface area contributed by atoms with E-state index in [1.165, 1.54) is 48.0 Å². The van der Waals surface area contributed by atoms with Gasteiger partial charge in [0.2, 0.25) is 5.91 Å². The number of esters is 1. The Bertz CT molecular complexity index is 805. The number of likely N-dealkylation sites (N-methyl/N-ethyl adjacent to an activating group) is 1. The molecule has 0 saturated carbocycles. The maximum atomic E-state index is 12.4. The Morgan fingerprint density at radius 3 is 2.27 bits per heavy atom. The standard InChI is InChI=1S/C19H20N2O4S/c1-21(12-17(22)20-15-6-4-5-7-16(15)26-3)18(23)13-8-10-14(11-9-13)19(24)25-2/h4-11H,12H2,1-3H3,(H,20,22). The lowest BCUT2D eigenvalue weighted by Crippen LogP contribution is -2.35. The molecule has 7 heteroatoms. The monoisotopic (exact) mass is 372 g/mol. The third kappa shape index (κ3) is 4.86. The topological polar surface area (TPSA) is 75.7 Å². The molecule has 0 aliphatic rings. The van der Waals surface area contributed by atoms with E-state index in [-0.39, 0.29) is 18.4 Å². The highest BCUT2D eigenvalue weighted by Gasteiger charge is 2.16. The zero-order valence-corrected chi connectivity index (χ0v) is 15.6. The van der Waals surface area contributed by atoms with E-state index in [0.717, 1.165) is 4.90 Å². The molecule has 2 aromatic rings. The van der Waals surface area contributed by atoms with Crippen LogP contribution in [0.2, 0.25) is 0 Å². The van der Waals surface area contributed by atoms with Crippen LogP contribution in [0.3, 0.4) is 0 Å². The van der Waals surface area contributed by atoms with E-state index >= 15 is 0 Å². The molecule has 1 N–H and O–H groups in total. The summed E-state index contributed by atoms with van der Waals surface area (Å²) in [4.78, 5) is 38.4. The van der Waals surface area contributed by atoms with E-state index in [1.54, 1.807) is 7.05 Å². The third-order valence-corrected chi connectivity index (χ3v) is 4.46. The first-order valence-corrected chi connectivity index (χ1v) is 9.05. The lowest BCUT2D eigenvalue weighted by molar-refractivity contribution is -0.116. The van der Waals surface area contributed by atoms with Gasteiger partial charge in [0.1, 0.15) is 0 Å². The highest BCUT2D eigenvalue weighted by atomic mass is 32.2. The molecule has 2 amide bonds. The van der Waals surface area contributed by atoms with Gasteiger partial charge in [-0.3, -0.25) is 9.59 Å². The van der Waals surface area contributed by atoms with E-state index < -0.39 is 5.97 Å². The van der Waals surface area contributed by atoms with Crippen LogP contribution >= 0.6 is 11.8 Å². The maximum Gasteiger partial charge on any atom is 0.337 e. The Balaban J connectivity index is 2.00. The van der Waals surface area contributed by atoms with Crippen molar-refractivity contribution in [3.05, 3.63) is 59.7 Å². The molecular weight excluding hydrogens is 352 g/mol. The Hall–Kier alpha value is -2.80. The number of amides is 2. The first-order valence-electron chi connectivity index (χ1n) is 7.83. The highest BCUT2D eigenvalue weighted by molar-refractivity contribution is 7.98. The molecule has 0 heterocycles. The molecule has 0 aliphatic carbocycles. The SMILES string of the molecule is COC(=O)c1ccc(C(=O)N(C)CC(=O)Nc2ccccc2SC)cc1.